The van der Waals surface area contributed by atoms with Crippen molar-refractivity contribution in [2.45, 2.75) is 25.4 Å². The van der Waals surface area contributed by atoms with E-state index < -0.39 is 0 Å². The van der Waals surface area contributed by atoms with Gasteiger partial charge in [0.15, 0.2) is 0 Å². The molecule has 168 valence electrons. The van der Waals surface area contributed by atoms with Gasteiger partial charge in [-0.1, -0.05) is 29.5 Å². The second-order valence-electron chi connectivity index (χ2n) is 9.73. The van der Waals surface area contributed by atoms with E-state index in [1.807, 2.05) is 11.3 Å². The van der Waals surface area contributed by atoms with Crippen LogP contribution in [0.15, 0.2) is 42.6 Å². The monoisotopic (exact) mass is 448 g/mol. The summed E-state index contributed by atoms with van der Waals surface area (Å²) in [4.78, 5) is 10.0. The predicted octanol–water partition coefficient (Wildman–Crippen LogP) is 3.69. The zero-order chi connectivity index (χ0) is 21.5. The lowest BCUT2D eigenvalue weighted by molar-refractivity contribution is 0.0504. The van der Waals surface area contributed by atoms with Crippen molar-refractivity contribution in [1.82, 2.24) is 29.7 Å². The van der Waals surface area contributed by atoms with Crippen LogP contribution in [0.3, 0.4) is 0 Å². The van der Waals surface area contributed by atoms with Crippen LogP contribution in [0.4, 0.5) is 0 Å². The van der Waals surface area contributed by atoms with Gasteiger partial charge in [-0.2, -0.15) is 0 Å². The van der Waals surface area contributed by atoms with Crippen LogP contribution in [0.25, 0.3) is 21.0 Å². The number of aromatic nitrogens is 3. The highest BCUT2D eigenvalue weighted by molar-refractivity contribution is 7.18. The zero-order valence-corrected chi connectivity index (χ0v) is 19.7. The molecule has 1 atom stereocenters. The standard InChI is InChI=1S/C25H32N6S/c1-28-12-14-30(15-13-28)16-19-2-4-21(5-3-19)24-6-7-25(32-24)22-17-31(27-26-22)23-18-29-10-8-20(23)9-11-29/h2-7,17,20,23H,8-16,18H2,1H3. The number of piperazine rings is 1. The Hall–Kier alpha value is -2.06. The molecule has 6 heterocycles. The smallest absolute Gasteiger partial charge is 0.123 e. The molecule has 0 spiro atoms. The summed E-state index contributed by atoms with van der Waals surface area (Å²) in [5, 5.41) is 9.06. The van der Waals surface area contributed by atoms with Gasteiger partial charge in [0.25, 0.3) is 0 Å². The van der Waals surface area contributed by atoms with Gasteiger partial charge in [-0.3, -0.25) is 4.90 Å². The van der Waals surface area contributed by atoms with Gasteiger partial charge in [0.2, 0.25) is 0 Å². The molecule has 1 unspecified atom stereocenters. The average Bonchev–Trinajstić information content (AvgIpc) is 3.52. The molecule has 4 aliphatic heterocycles. The van der Waals surface area contributed by atoms with Crippen LogP contribution in [0, 0.1) is 5.92 Å². The molecule has 7 heteroatoms. The zero-order valence-electron chi connectivity index (χ0n) is 18.9. The first kappa shape index (κ1) is 20.5. The fourth-order valence-electron chi connectivity index (χ4n) is 5.45. The van der Waals surface area contributed by atoms with Gasteiger partial charge in [0, 0.05) is 44.1 Å². The molecule has 0 amide bonds. The van der Waals surface area contributed by atoms with Crippen LogP contribution in [0.1, 0.15) is 24.4 Å². The van der Waals surface area contributed by atoms with Crippen molar-refractivity contribution in [3.05, 3.63) is 48.2 Å². The summed E-state index contributed by atoms with van der Waals surface area (Å²) in [6.07, 6.45) is 4.77. The Morgan fingerprint density at radius 3 is 2.38 bits per heavy atom. The maximum atomic E-state index is 4.53. The summed E-state index contributed by atoms with van der Waals surface area (Å²) < 4.78 is 2.14. The third-order valence-electron chi connectivity index (χ3n) is 7.57. The van der Waals surface area contributed by atoms with E-state index in [-0.39, 0.29) is 0 Å². The minimum absolute atomic E-state index is 0.492. The molecular formula is C25H32N6S. The molecule has 4 saturated heterocycles. The number of thiophene rings is 1. The van der Waals surface area contributed by atoms with Gasteiger partial charge in [-0.15, -0.1) is 16.4 Å². The van der Waals surface area contributed by atoms with E-state index in [1.165, 1.54) is 59.9 Å². The van der Waals surface area contributed by atoms with E-state index in [0.29, 0.717) is 6.04 Å². The quantitative estimate of drug-likeness (QED) is 0.595. The molecule has 2 aromatic heterocycles. The highest BCUT2D eigenvalue weighted by Gasteiger charge is 2.35. The number of hydrogen-bond donors (Lipinski definition) is 0. The summed E-state index contributed by atoms with van der Waals surface area (Å²) in [7, 11) is 2.21. The molecule has 0 N–H and O–H groups in total. The van der Waals surface area contributed by atoms with Crippen molar-refractivity contribution < 1.29 is 0 Å². The number of nitrogens with zero attached hydrogens (tertiary/aromatic N) is 6. The minimum Gasteiger partial charge on any atom is -0.304 e. The fourth-order valence-corrected chi connectivity index (χ4v) is 6.42. The van der Waals surface area contributed by atoms with Crippen molar-refractivity contribution in [3.8, 4) is 21.0 Å². The van der Waals surface area contributed by atoms with Gasteiger partial charge in [0.1, 0.15) is 5.69 Å². The molecule has 0 saturated carbocycles. The number of benzene rings is 1. The normalized spacial score (nSPS) is 26.6. The highest BCUT2D eigenvalue weighted by atomic mass is 32.1. The van der Waals surface area contributed by atoms with Crippen molar-refractivity contribution in [2.75, 3.05) is 52.9 Å². The lowest BCUT2D eigenvalue weighted by atomic mass is 9.84. The van der Waals surface area contributed by atoms with Gasteiger partial charge in [-0.05, 0) is 62.2 Å². The molecule has 6 nitrogen and oxygen atoms in total. The summed E-state index contributed by atoms with van der Waals surface area (Å²) in [5.74, 6) is 0.762. The Balaban J connectivity index is 1.13. The Morgan fingerprint density at radius 1 is 0.906 bits per heavy atom. The van der Waals surface area contributed by atoms with E-state index in [9.17, 15) is 0 Å². The fraction of sp³-hybridized carbons (Fsp3) is 0.520. The highest BCUT2D eigenvalue weighted by Crippen LogP contribution is 2.37. The van der Waals surface area contributed by atoms with Gasteiger partial charge < -0.3 is 9.80 Å². The average molecular weight is 449 g/mol. The maximum absolute atomic E-state index is 4.53. The predicted molar refractivity (Wildman–Crippen MR) is 130 cm³/mol. The first-order valence-electron chi connectivity index (χ1n) is 12.0. The van der Waals surface area contributed by atoms with Crippen molar-refractivity contribution in [1.29, 1.82) is 0 Å². The molecule has 3 aromatic rings. The molecular weight excluding hydrogens is 416 g/mol. The summed E-state index contributed by atoms with van der Waals surface area (Å²) in [6, 6.07) is 14.0. The lowest BCUT2D eigenvalue weighted by Crippen LogP contribution is -2.48. The molecule has 0 radical (unpaired) electrons. The van der Waals surface area contributed by atoms with E-state index >= 15 is 0 Å². The third kappa shape index (κ3) is 4.15. The van der Waals surface area contributed by atoms with Gasteiger partial charge in [-0.25, -0.2) is 4.68 Å². The Labute approximate surface area is 194 Å². The van der Waals surface area contributed by atoms with E-state index in [4.69, 9.17) is 0 Å². The third-order valence-corrected chi connectivity index (χ3v) is 8.73. The number of fused-ring (bicyclic) bond motifs is 3. The summed E-state index contributed by atoms with van der Waals surface area (Å²) in [6.45, 7) is 9.34. The SMILES string of the molecule is CN1CCN(Cc2ccc(-c3ccc(-c4cn(C5CN6CCC5CC6)nn4)s3)cc2)CC1. The van der Waals surface area contributed by atoms with Crippen molar-refractivity contribution in [2.24, 2.45) is 5.92 Å². The molecule has 7 rings (SSSR count). The molecule has 0 aliphatic carbocycles. The molecule has 2 bridgehead atoms. The van der Waals surface area contributed by atoms with Crippen LogP contribution < -0.4 is 0 Å². The number of rotatable bonds is 5. The Bertz CT molecular complexity index is 1040. The first-order chi connectivity index (χ1) is 15.7. The summed E-state index contributed by atoms with van der Waals surface area (Å²) in [5.41, 5.74) is 3.69. The lowest BCUT2D eigenvalue weighted by Gasteiger charge is -2.44. The van der Waals surface area contributed by atoms with Crippen LogP contribution in [-0.2, 0) is 6.54 Å². The minimum atomic E-state index is 0.492. The second kappa shape index (κ2) is 8.71. The van der Waals surface area contributed by atoms with Crippen LogP contribution >= 0.6 is 11.3 Å². The van der Waals surface area contributed by atoms with E-state index in [1.54, 1.807) is 0 Å². The van der Waals surface area contributed by atoms with Crippen LogP contribution in [0.2, 0.25) is 0 Å². The number of hydrogen-bond acceptors (Lipinski definition) is 6. The van der Waals surface area contributed by atoms with Crippen molar-refractivity contribution in [3.63, 3.8) is 0 Å². The second-order valence-corrected chi connectivity index (χ2v) is 10.8. The van der Waals surface area contributed by atoms with E-state index in [0.717, 1.165) is 37.8 Å². The number of likely N-dealkylation sites (N-methyl/N-ethyl adjacent to an activating group) is 1. The number of piperidine rings is 3. The molecule has 1 aromatic carbocycles. The summed E-state index contributed by atoms with van der Waals surface area (Å²) >= 11 is 1.81. The Kier molecular flexibility index (Phi) is 5.59. The maximum Gasteiger partial charge on any atom is 0.123 e. The van der Waals surface area contributed by atoms with Crippen LogP contribution in [0.5, 0.6) is 0 Å². The van der Waals surface area contributed by atoms with Gasteiger partial charge in [0.05, 0.1) is 17.1 Å². The molecule has 4 fully saturated rings. The molecule has 32 heavy (non-hydrogen) atoms. The Morgan fingerprint density at radius 2 is 1.66 bits per heavy atom. The first-order valence-corrected chi connectivity index (χ1v) is 12.8. The topological polar surface area (TPSA) is 40.4 Å². The molecule has 4 aliphatic rings. The largest absolute Gasteiger partial charge is 0.304 e. The van der Waals surface area contributed by atoms with E-state index in [2.05, 4.69) is 79.3 Å². The van der Waals surface area contributed by atoms with Crippen LogP contribution in [-0.4, -0.2) is 82.6 Å². The van der Waals surface area contributed by atoms with Gasteiger partial charge >= 0.3 is 0 Å². The van der Waals surface area contributed by atoms with Crippen molar-refractivity contribution >= 4 is 11.3 Å².